The molecule has 0 fully saturated rings. The number of thiophene rings is 1. The van der Waals surface area contributed by atoms with Crippen molar-refractivity contribution in [3.8, 4) is 0 Å². The van der Waals surface area contributed by atoms with Gasteiger partial charge in [-0.3, -0.25) is 0 Å². The normalized spacial score (nSPS) is 12.7. The van der Waals surface area contributed by atoms with Crippen molar-refractivity contribution >= 4 is 22.9 Å². The predicted molar refractivity (Wildman–Crippen MR) is 75.9 cm³/mol. The Morgan fingerprint density at radius 3 is 2.41 bits per heavy atom. The first kappa shape index (κ1) is 12.6. The molecule has 0 amide bonds. The number of hydrogen-bond acceptors (Lipinski definition) is 2. The Kier molecular flexibility index (Phi) is 3.87. The summed E-state index contributed by atoms with van der Waals surface area (Å²) in [7, 11) is 0. The molecule has 0 spiro atoms. The molecule has 1 atom stereocenters. The maximum atomic E-state index is 6.23. The van der Waals surface area contributed by atoms with Gasteiger partial charge in [-0.05, 0) is 36.8 Å². The Balaban J connectivity index is 2.14. The van der Waals surface area contributed by atoms with Crippen LogP contribution in [0.25, 0.3) is 0 Å². The SMILES string of the molecule is Cc1ccc(CC(N)c2scc(C)c2Cl)cc1. The van der Waals surface area contributed by atoms with Gasteiger partial charge >= 0.3 is 0 Å². The Labute approximate surface area is 111 Å². The molecule has 1 nitrogen and oxygen atoms in total. The molecule has 3 heteroatoms. The van der Waals surface area contributed by atoms with Crippen molar-refractivity contribution < 1.29 is 0 Å². The summed E-state index contributed by atoms with van der Waals surface area (Å²) in [5.41, 5.74) is 9.85. The van der Waals surface area contributed by atoms with Gasteiger partial charge in [-0.15, -0.1) is 11.3 Å². The molecule has 1 aromatic carbocycles. The lowest BCUT2D eigenvalue weighted by atomic mass is 10.0. The molecule has 90 valence electrons. The number of benzene rings is 1. The van der Waals surface area contributed by atoms with Gasteiger partial charge < -0.3 is 5.73 Å². The quantitative estimate of drug-likeness (QED) is 0.882. The highest BCUT2D eigenvalue weighted by atomic mass is 35.5. The van der Waals surface area contributed by atoms with Crippen LogP contribution < -0.4 is 5.73 Å². The Morgan fingerprint density at radius 2 is 1.88 bits per heavy atom. The summed E-state index contributed by atoms with van der Waals surface area (Å²) in [6.07, 6.45) is 0.833. The fourth-order valence-corrected chi connectivity index (χ4v) is 3.11. The van der Waals surface area contributed by atoms with Crippen LogP contribution in [0.2, 0.25) is 5.02 Å². The molecule has 1 heterocycles. The first-order valence-corrected chi connectivity index (χ1v) is 6.88. The number of halogens is 1. The first-order chi connectivity index (χ1) is 8.08. The van der Waals surface area contributed by atoms with Gasteiger partial charge in [0, 0.05) is 10.9 Å². The molecule has 17 heavy (non-hydrogen) atoms. The standard InChI is InChI=1S/C14H16ClNS/c1-9-3-5-11(6-4-9)7-12(16)14-13(15)10(2)8-17-14/h3-6,8,12H,7,16H2,1-2H3. The predicted octanol–water partition coefficient (Wildman–Crippen LogP) is 4.26. The highest BCUT2D eigenvalue weighted by Crippen LogP contribution is 2.32. The third-order valence-corrected chi connectivity index (χ3v) is 4.68. The molecule has 0 saturated carbocycles. The summed E-state index contributed by atoms with van der Waals surface area (Å²) in [6, 6.07) is 8.48. The van der Waals surface area contributed by atoms with Crippen LogP contribution in [0, 0.1) is 13.8 Å². The first-order valence-electron chi connectivity index (χ1n) is 5.62. The van der Waals surface area contributed by atoms with Gasteiger partial charge in [0.15, 0.2) is 0 Å². The number of hydrogen-bond donors (Lipinski definition) is 1. The molecule has 0 radical (unpaired) electrons. The maximum Gasteiger partial charge on any atom is 0.0590 e. The minimum absolute atomic E-state index is 0.0103. The van der Waals surface area contributed by atoms with E-state index in [0.29, 0.717) is 0 Å². The van der Waals surface area contributed by atoms with Crippen molar-refractivity contribution in [1.82, 2.24) is 0 Å². The summed E-state index contributed by atoms with van der Waals surface area (Å²) in [6.45, 7) is 4.10. The van der Waals surface area contributed by atoms with Crippen molar-refractivity contribution in [2.75, 3.05) is 0 Å². The highest BCUT2D eigenvalue weighted by molar-refractivity contribution is 7.10. The van der Waals surface area contributed by atoms with Gasteiger partial charge in [0.05, 0.1) is 5.02 Å². The van der Waals surface area contributed by atoms with E-state index >= 15 is 0 Å². The van der Waals surface area contributed by atoms with Crippen molar-refractivity contribution in [3.63, 3.8) is 0 Å². The van der Waals surface area contributed by atoms with Crippen LogP contribution in [0.3, 0.4) is 0 Å². The van der Waals surface area contributed by atoms with Crippen LogP contribution in [0.15, 0.2) is 29.6 Å². The third-order valence-electron chi connectivity index (χ3n) is 2.84. The average molecular weight is 266 g/mol. The number of nitrogens with two attached hydrogens (primary N) is 1. The Morgan fingerprint density at radius 1 is 1.24 bits per heavy atom. The van der Waals surface area contributed by atoms with Gasteiger partial charge in [0.1, 0.15) is 0 Å². The number of aryl methyl sites for hydroxylation is 2. The summed E-state index contributed by atoms with van der Waals surface area (Å²) >= 11 is 7.88. The smallest absolute Gasteiger partial charge is 0.0590 e. The molecule has 1 aromatic heterocycles. The van der Waals surface area contributed by atoms with E-state index < -0.39 is 0 Å². The van der Waals surface area contributed by atoms with E-state index in [2.05, 4.69) is 36.6 Å². The van der Waals surface area contributed by atoms with E-state index in [1.54, 1.807) is 11.3 Å². The van der Waals surface area contributed by atoms with Crippen LogP contribution in [0.1, 0.15) is 27.6 Å². The van der Waals surface area contributed by atoms with Gasteiger partial charge in [0.2, 0.25) is 0 Å². The highest BCUT2D eigenvalue weighted by Gasteiger charge is 2.14. The third kappa shape index (κ3) is 2.89. The molecule has 2 rings (SSSR count). The minimum atomic E-state index is -0.0103. The molecule has 0 aliphatic carbocycles. The summed E-state index contributed by atoms with van der Waals surface area (Å²) in [5, 5.41) is 2.89. The van der Waals surface area contributed by atoms with E-state index in [9.17, 15) is 0 Å². The van der Waals surface area contributed by atoms with Crippen molar-refractivity contribution in [3.05, 3.63) is 56.2 Å². The summed E-state index contributed by atoms with van der Waals surface area (Å²) < 4.78 is 0. The van der Waals surface area contributed by atoms with Gasteiger partial charge in [-0.25, -0.2) is 0 Å². The van der Waals surface area contributed by atoms with E-state index in [1.165, 1.54) is 11.1 Å². The zero-order chi connectivity index (χ0) is 12.4. The number of rotatable bonds is 3. The second-order valence-corrected chi connectivity index (χ2v) is 5.68. The van der Waals surface area contributed by atoms with Crippen molar-refractivity contribution in [2.24, 2.45) is 5.73 Å². The topological polar surface area (TPSA) is 26.0 Å². The summed E-state index contributed by atoms with van der Waals surface area (Å²) in [4.78, 5) is 1.09. The van der Waals surface area contributed by atoms with E-state index in [4.69, 9.17) is 17.3 Å². The van der Waals surface area contributed by atoms with Crippen molar-refractivity contribution in [1.29, 1.82) is 0 Å². The lowest BCUT2D eigenvalue weighted by molar-refractivity contribution is 0.736. The lowest BCUT2D eigenvalue weighted by Gasteiger charge is -2.11. The van der Waals surface area contributed by atoms with Gasteiger partial charge in [-0.2, -0.15) is 0 Å². The van der Waals surface area contributed by atoms with Gasteiger partial charge in [-0.1, -0.05) is 41.4 Å². The summed E-state index contributed by atoms with van der Waals surface area (Å²) in [5.74, 6) is 0. The van der Waals surface area contributed by atoms with Crippen LogP contribution in [-0.2, 0) is 6.42 Å². The largest absolute Gasteiger partial charge is 0.323 e. The maximum absolute atomic E-state index is 6.23. The molecule has 0 aliphatic heterocycles. The zero-order valence-electron chi connectivity index (χ0n) is 10.0. The fourth-order valence-electron chi connectivity index (χ4n) is 1.77. The Bertz CT molecular complexity index is 501. The molecule has 2 N–H and O–H groups in total. The monoisotopic (exact) mass is 265 g/mol. The molecular formula is C14H16ClNS. The molecule has 2 aromatic rings. The van der Waals surface area contributed by atoms with E-state index in [1.807, 2.05) is 6.92 Å². The molecule has 0 bridgehead atoms. The second-order valence-electron chi connectivity index (χ2n) is 4.39. The zero-order valence-corrected chi connectivity index (χ0v) is 11.6. The molecule has 1 unspecified atom stereocenters. The minimum Gasteiger partial charge on any atom is -0.323 e. The van der Waals surface area contributed by atoms with Crippen LogP contribution >= 0.6 is 22.9 Å². The molecule has 0 saturated heterocycles. The van der Waals surface area contributed by atoms with Crippen LogP contribution in [0.4, 0.5) is 0 Å². The Hall–Kier alpha value is -0.830. The van der Waals surface area contributed by atoms with Gasteiger partial charge in [0.25, 0.3) is 0 Å². The van der Waals surface area contributed by atoms with Crippen LogP contribution in [-0.4, -0.2) is 0 Å². The fraction of sp³-hybridized carbons (Fsp3) is 0.286. The van der Waals surface area contributed by atoms with Crippen molar-refractivity contribution in [2.45, 2.75) is 26.3 Å². The molecule has 0 aliphatic rings. The molecular weight excluding hydrogens is 250 g/mol. The van der Waals surface area contributed by atoms with Crippen LogP contribution in [0.5, 0.6) is 0 Å². The van der Waals surface area contributed by atoms with E-state index in [0.717, 1.165) is 21.9 Å². The second kappa shape index (κ2) is 5.21. The average Bonchev–Trinajstić information content (AvgIpc) is 2.63. The van der Waals surface area contributed by atoms with E-state index in [-0.39, 0.29) is 6.04 Å². The lowest BCUT2D eigenvalue weighted by Crippen LogP contribution is -2.12.